The third-order valence-corrected chi connectivity index (χ3v) is 6.44. The van der Waals surface area contributed by atoms with Crippen LogP contribution in [0.4, 0.5) is 0 Å². The van der Waals surface area contributed by atoms with Crippen molar-refractivity contribution in [3.63, 3.8) is 0 Å². The average Bonchev–Trinajstić information content (AvgIpc) is 3.35. The number of nitrogens with zero attached hydrogens (tertiary/aromatic N) is 1. The van der Waals surface area contributed by atoms with Crippen LogP contribution in [-0.4, -0.2) is 28.8 Å². The summed E-state index contributed by atoms with van der Waals surface area (Å²) in [5.74, 6) is 0.190. The number of hydrogen-bond donors (Lipinski definition) is 1. The zero-order chi connectivity index (χ0) is 25.5. The molecule has 2 aromatic carbocycles. The van der Waals surface area contributed by atoms with Gasteiger partial charge in [-0.1, -0.05) is 45.0 Å². The van der Waals surface area contributed by atoms with Crippen LogP contribution in [0, 0.1) is 13.8 Å². The Hall–Kier alpha value is -3.80. The standard InChI is InChI=1S/C29H31NO5/c1-17-7-11-20(29(3,4)5)15-22(17)26(31)24-25(23-14-8-18(2)35-23)30(28(33)27(24)32)16-19-9-12-21(34-6)13-10-19/h7-15,25,31H,16H2,1-6H3/b26-24+. The van der Waals surface area contributed by atoms with E-state index in [9.17, 15) is 14.7 Å². The summed E-state index contributed by atoms with van der Waals surface area (Å²) in [4.78, 5) is 28.0. The number of carbonyl (C=O) groups is 2. The molecule has 6 nitrogen and oxygen atoms in total. The topological polar surface area (TPSA) is 80.0 Å². The van der Waals surface area contributed by atoms with Gasteiger partial charge < -0.3 is 19.2 Å². The number of ketones is 1. The Morgan fingerprint density at radius 2 is 1.71 bits per heavy atom. The van der Waals surface area contributed by atoms with E-state index in [4.69, 9.17) is 9.15 Å². The molecule has 1 saturated heterocycles. The molecule has 0 radical (unpaired) electrons. The highest BCUT2D eigenvalue weighted by Crippen LogP contribution is 2.42. The van der Waals surface area contributed by atoms with Gasteiger partial charge in [0.1, 0.15) is 29.1 Å². The van der Waals surface area contributed by atoms with Gasteiger partial charge in [0.05, 0.1) is 12.7 Å². The van der Waals surface area contributed by atoms with Crippen LogP contribution >= 0.6 is 0 Å². The normalized spacial score (nSPS) is 17.8. The van der Waals surface area contributed by atoms with Crippen molar-refractivity contribution in [1.82, 2.24) is 4.90 Å². The summed E-state index contributed by atoms with van der Waals surface area (Å²) in [6.45, 7) is 10.1. The molecule has 2 heterocycles. The molecule has 1 aliphatic rings. The van der Waals surface area contributed by atoms with Crippen LogP contribution in [0.1, 0.15) is 60.6 Å². The van der Waals surface area contributed by atoms with Crippen molar-refractivity contribution in [2.75, 3.05) is 7.11 Å². The molecule has 1 unspecified atom stereocenters. The molecule has 3 aromatic rings. The largest absolute Gasteiger partial charge is 0.507 e. The Bertz CT molecular complexity index is 1310. The van der Waals surface area contributed by atoms with Gasteiger partial charge in [0.25, 0.3) is 11.7 Å². The second kappa shape index (κ2) is 9.10. The van der Waals surface area contributed by atoms with E-state index in [1.807, 2.05) is 37.3 Å². The third-order valence-electron chi connectivity index (χ3n) is 6.44. The first-order chi connectivity index (χ1) is 16.5. The van der Waals surface area contributed by atoms with E-state index in [2.05, 4.69) is 20.8 Å². The van der Waals surface area contributed by atoms with Crippen LogP contribution in [-0.2, 0) is 21.5 Å². The minimum absolute atomic E-state index is 0.0343. The molecule has 1 fully saturated rings. The van der Waals surface area contributed by atoms with E-state index in [0.29, 0.717) is 22.8 Å². The molecule has 35 heavy (non-hydrogen) atoms. The van der Waals surface area contributed by atoms with Crippen LogP contribution in [0.5, 0.6) is 5.75 Å². The number of rotatable bonds is 5. The van der Waals surface area contributed by atoms with Gasteiger partial charge in [-0.2, -0.15) is 0 Å². The fraction of sp³-hybridized carbons (Fsp3) is 0.310. The van der Waals surface area contributed by atoms with Crippen molar-refractivity contribution in [1.29, 1.82) is 0 Å². The number of benzene rings is 2. The molecule has 0 spiro atoms. The molecule has 4 rings (SSSR count). The number of aliphatic hydroxyl groups excluding tert-OH is 1. The molecule has 1 amide bonds. The molecule has 0 aliphatic carbocycles. The molecular formula is C29H31NO5. The number of amides is 1. The highest BCUT2D eigenvalue weighted by atomic mass is 16.5. The van der Waals surface area contributed by atoms with Crippen molar-refractivity contribution in [2.24, 2.45) is 0 Å². The number of carbonyl (C=O) groups excluding carboxylic acids is 2. The number of ether oxygens (including phenoxy) is 1. The highest BCUT2D eigenvalue weighted by Gasteiger charge is 2.47. The quantitative estimate of drug-likeness (QED) is 0.287. The average molecular weight is 474 g/mol. The predicted molar refractivity (Wildman–Crippen MR) is 134 cm³/mol. The lowest BCUT2D eigenvalue weighted by molar-refractivity contribution is -0.140. The molecule has 1 aromatic heterocycles. The fourth-order valence-electron chi connectivity index (χ4n) is 4.36. The Kier molecular flexibility index (Phi) is 6.32. The van der Waals surface area contributed by atoms with Gasteiger partial charge in [-0.15, -0.1) is 0 Å². The number of furan rings is 1. The molecule has 182 valence electrons. The minimum Gasteiger partial charge on any atom is -0.507 e. The van der Waals surface area contributed by atoms with Gasteiger partial charge in [-0.05, 0) is 66.3 Å². The number of methoxy groups -OCH3 is 1. The van der Waals surface area contributed by atoms with Crippen LogP contribution in [0.25, 0.3) is 5.76 Å². The van der Waals surface area contributed by atoms with Gasteiger partial charge in [0.15, 0.2) is 0 Å². The lowest BCUT2D eigenvalue weighted by Crippen LogP contribution is -2.29. The second-order valence-corrected chi connectivity index (χ2v) is 10.0. The van der Waals surface area contributed by atoms with Crippen molar-refractivity contribution in [3.05, 3.63) is 93.9 Å². The van der Waals surface area contributed by atoms with Crippen molar-refractivity contribution in [3.8, 4) is 5.75 Å². The first kappa shape index (κ1) is 24.3. The van der Waals surface area contributed by atoms with Gasteiger partial charge in [-0.25, -0.2) is 0 Å². The molecule has 6 heteroatoms. The zero-order valence-electron chi connectivity index (χ0n) is 21.0. The van der Waals surface area contributed by atoms with E-state index >= 15 is 0 Å². The zero-order valence-corrected chi connectivity index (χ0v) is 21.0. The molecule has 1 atom stereocenters. The summed E-state index contributed by atoms with van der Waals surface area (Å²) in [5, 5.41) is 11.5. The van der Waals surface area contributed by atoms with E-state index < -0.39 is 17.7 Å². The minimum atomic E-state index is -0.844. The number of aliphatic hydroxyl groups is 1. The predicted octanol–water partition coefficient (Wildman–Crippen LogP) is 5.82. The molecule has 0 bridgehead atoms. The lowest BCUT2D eigenvalue weighted by Gasteiger charge is -2.24. The molecular weight excluding hydrogens is 442 g/mol. The molecule has 1 aliphatic heterocycles. The Balaban J connectivity index is 1.86. The summed E-state index contributed by atoms with van der Waals surface area (Å²) < 4.78 is 11.1. The maximum Gasteiger partial charge on any atom is 0.296 e. The Labute approximate surface area is 205 Å². The lowest BCUT2D eigenvalue weighted by atomic mass is 9.84. The van der Waals surface area contributed by atoms with Crippen molar-refractivity contribution in [2.45, 2.75) is 52.6 Å². The van der Waals surface area contributed by atoms with Gasteiger partial charge >= 0.3 is 0 Å². The number of aryl methyl sites for hydroxylation is 2. The summed E-state index contributed by atoms with van der Waals surface area (Å²) in [6.07, 6.45) is 0. The van der Waals surface area contributed by atoms with E-state index in [0.717, 1.165) is 16.7 Å². The van der Waals surface area contributed by atoms with Crippen LogP contribution in [0.3, 0.4) is 0 Å². The van der Waals surface area contributed by atoms with Crippen LogP contribution in [0.2, 0.25) is 0 Å². The summed E-state index contributed by atoms with van der Waals surface area (Å²) >= 11 is 0. The van der Waals surface area contributed by atoms with Gasteiger partial charge in [0, 0.05) is 12.1 Å². The first-order valence-electron chi connectivity index (χ1n) is 11.6. The monoisotopic (exact) mass is 473 g/mol. The van der Waals surface area contributed by atoms with Crippen LogP contribution < -0.4 is 4.74 Å². The van der Waals surface area contributed by atoms with Crippen molar-refractivity contribution < 1.29 is 23.8 Å². The Morgan fingerprint density at radius 3 is 2.29 bits per heavy atom. The number of hydrogen-bond acceptors (Lipinski definition) is 5. The smallest absolute Gasteiger partial charge is 0.296 e. The summed E-state index contributed by atoms with van der Waals surface area (Å²) in [6, 6.07) is 15.8. The third kappa shape index (κ3) is 4.61. The molecule has 1 N–H and O–H groups in total. The van der Waals surface area contributed by atoms with E-state index in [-0.39, 0.29) is 23.3 Å². The number of likely N-dealkylation sites (tertiary alicyclic amines) is 1. The van der Waals surface area contributed by atoms with E-state index in [1.54, 1.807) is 38.3 Å². The number of Topliss-reactive ketones (excluding diaryl/α,β-unsaturated/α-hetero) is 1. The maximum absolute atomic E-state index is 13.3. The summed E-state index contributed by atoms with van der Waals surface area (Å²) in [5.41, 5.74) is 3.07. The van der Waals surface area contributed by atoms with Gasteiger partial charge in [-0.3, -0.25) is 9.59 Å². The van der Waals surface area contributed by atoms with Gasteiger partial charge in [0.2, 0.25) is 0 Å². The summed E-state index contributed by atoms with van der Waals surface area (Å²) in [7, 11) is 1.59. The maximum atomic E-state index is 13.3. The molecule has 0 saturated carbocycles. The van der Waals surface area contributed by atoms with Crippen molar-refractivity contribution >= 4 is 17.4 Å². The SMILES string of the molecule is COc1ccc(CN2C(=O)C(=O)/C(=C(/O)c3cc(C(C)(C)C)ccc3C)C2c2ccc(C)o2)cc1. The first-order valence-corrected chi connectivity index (χ1v) is 11.6. The van der Waals surface area contributed by atoms with Crippen LogP contribution in [0.15, 0.2) is 64.6 Å². The Morgan fingerprint density at radius 1 is 1.03 bits per heavy atom. The highest BCUT2D eigenvalue weighted by molar-refractivity contribution is 6.46. The second-order valence-electron chi connectivity index (χ2n) is 10.0. The fourth-order valence-corrected chi connectivity index (χ4v) is 4.36. The van der Waals surface area contributed by atoms with E-state index in [1.165, 1.54) is 4.90 Å².